The predicted molar refractivity (Wildman–Crippen MR) is 54.6 cm³/mol. The third-order valence-electron chi connectivity index (χ3n) is 2.58. The van der Waals surface area contributed by atoms with Crippen LogP contribution in [0.15, 0.2) is 0 Å². The van der Waals surface area contributed by atoms with E-state index in [1.54, 1.807) is 0 Å². The Hall–Kier alpha value is 0.270. The minimum absolute atomic E-state index is 0.219. The first-order chi connectivity index (χ1) is 5.61. The van der Waals surface area contributed by atoms with E-state index >= 15 is 0 Å². The molecule has 1 saturated heterocycles. The maximum atomic E-state index is 9.30. The van der Waals surface area contributed by atoms with E-state index in [1.165, 1.54) is 12.2 Å². The fourth-order valence-corrected chi connectivity index (χ4v) is 2.64. The van der Waals surface area contributed by atoms with Crippen molar-refractivity contribution in [3.8, 4) is 0 Å². The van der Waals surface area contributed by atoms with Gasteiger partial charge in [0.2, 0.25) is 0 Å². The highest BCUT2D eigenvalue weighted by atomic mass is 32.2. The molecule has 0 bridgehead atoms. The number of aliphatic hydroxyl groups is 1. The third-order valence-corrected chi connectivity index (χ3v) is 3.90. The molecule has 3 heteroatoms. The van der Waals surface area contributed by atoms with Gasteiger partial charge in [-0.2, -0.15) is 11.8 Å². The quantitative estimate of drug-likeness (QED) is 0.700. The number of rotatable bonds is 3. The molecule has 0 radical (unpaired) electrons. The first-order valence-electron chi connectivity index (χ1n) is 4.67. The highest BCUT2D eigenvalue weighted by Gasteiger charge is 2.25. The van der Waals surface area contributed by atoms with Crippen LogP contribution in [0.4, 0.5) is 0 Å². The largest absolute Gasteiger partial charge is 0.392 e. The van der Waals surface area contributed by atoms with Crippen molar-refractivity contribution in [2.24, 2.45) is 0 Å². The summed E-state index contributed by atoms with van der Waals surface area (Å²) >= 11 is 2.01. The average molecular weight is 189 g/mol. The van der Waals surface area contributed by atoms with Gasteiger partial charge in [0.05, 0.1) is 6.10 Å². The van der Waals surface area contributed by atoms with Gasteiger partial charge in [0, 0.05) is 17.3 Å². The molecule has 1 aliphatic heterocycles. The van der Waals surface area contributed by atoms with E-state index in [1.807, 2.05) is 25.6 Å². The van der Waals surface area contributed by atoms with Crippen molar-refractivity contribution in [2.45, 2.75) is 50.6 Å². The van der Waals surface area contributed by atoms with E-state index in [4.69, 9.17) is 0 Å². The van der Waals surface area contributed by atoms with Gasteiger partial charge in [0.25, 0.3) is 0 Å². The molecule has 0 aromatic carbocycles. The molecule has 0 saturated carbocycles. The van der Waals surface area contributed by atoms with Gasteiger partial charge in [0.1, 0.15) is 0 Å². The molecule has 1 aliphatic rings. The van der Waals surface area contributed by atoms with Crippen molar-refractivity contribution in [3.05, 3.63) is 0 Å². The third kappa shape index (κ3) is 2.64. The van der Waals surface area contributed by atoms with Crippen LogP contribution in [0, 0.1) is 0 Å². The lowest BCUT2D eigenvalue weighted by atomic mass is 10.1. The summed E-state index contributed by atoms with van der Waals surface area (Å²) in [5.41, 5.74) is 0. The summed E-state index contributed by atoms with van der Waals surface area (Å²) in [4.78, 5) is 0. The Balaban J connectivity index is 2.30. The molecule has 0 spiro atoms. The normalized spacial score (nSPS) is 35.0. The topological polar surface area (TPSA) is 32.3 Å². The maximum Gasteiger partial charge on any atom is 0.0662 e. The van der Waals surface area contributed by atoms with E-state index in [2.05, 4.69) is 12.2 Å². The molecule has 0 aromatic rings. The smallest absolute Gasteiger partial charge is 0.0662 e. The van der Waals surface area contributed by atoms with Gasteiger partial charge in [0.15, 0.2) is 0 Å². The Bertz CT molecular complexity index is 140. The highest BCUT2D eigenvalue weighted by Crippen LogP contribution is 2.26. The number of hydrogen-bond acceptors (Lipinski definition) is 3. The van der Waals surface area contributed by atoms with E-state index < -0.39 is 0 Å². The van der Waals surface area contributed by atoms with Crippen LogP contribution in [0.5, 0.6) is 0 Å². The Morgan fingerprint density at radius 1 is 1.50 bits per heavy atom. The van der Waals surface area contributed by atoms with E-state index in [0.717, 1.165) is 0 Å². The van der Waals surface area contributed by atoms with Gasteiger partial charge < -0.3 is 10.4 Å². The molecule has 12 heavy (non-hydrogen) atoms. The van der Waals surface area contributed by atoms with E-state index in [9.17, 15) is 5.11 Å². The molecule has 0 amide bonds. The zero-order valence-corrected chi connectivity index (χ0v) is 8.90. The van der Waals surface area contributed by atoms with Crippen LogP contribution in [0.2, 0.25) is 0 Å². The van der Waals surface area contributed by atoms with Crippen LogP contribution in [0.25, 0.3) is 0 Å². The van der Waals surface area contributed by atoms with Crippen molar-refractivity contribution in [2.75, 3.05) is 5.75 Å². The molecule has 0 aliphatic carbocycles. The molecular weight excluding hydrogens is 170 g/mol. The highest BCUT2D eigenvalue weighted by molar-refractivity contribution is 8.00. The Kier molecular flexibility index (Phi) is 3.87. The standard InChI is InChI=1S/C9H19NOS/c1-6(7(2)11)10-9-4-5-12-8(9)3/h6-11H,4-5H2,1-3H3. The number of nitrogens with one attached hydrogen (secondary N) is 1. The summed E-state index contributed by atoms with van der Waals surface area (Å²) in [7, 11) is 0. The molecular formula is C9H19NOS. The molecule has 4 unspecified atom stereocenters. The van der Waals surface area contributed by atoms with Crippen molar-refractivity contribution in [3.63, 3.8) is 0 Å². The van der Waals surface area contributed by atoms with Crippen LogP contribution in [-0.2, 0) is 0 Å². The fourth-order valence-electron chi connectivity index (χ4n) is 1.43. The molecule has 1 rings (SSSR count). The second-order valence-corrected chi connectivity index (χ2v) is 5.15. The maximum absolute atomic E-state index is 9.30. The van der Waals surface area contributed by atoms with Gasteiger partial charge in [-0.25, -0.2) is 0 Å². The first kappa shape index (κ1) is 10.4. The Morgan fingerprint density at radius 3 is 2.58 bits per heavy atom. The van der Waals surface area contributed by atoms with Crippen LogP contribution >= 0.6 is 11.8 Å². The summed E-state index contributed by atoms with van der Waals surface area (Å²) in [6.45, 7) is 6.13. The van der Waals surface area contributed by atoms with Crippen molar-refractivity contribution >= 4 is 11.8 Å². The molecule has 2 N–H and O–H groups in total. The van der Waals surface area contributed by atoms with Crippen LogP contribution < -0.4 is 5.32 Å². The first-order valence-corrected chi connectivity index (χ1v) is 5.72. The van der Waals surface area contributed by atoms with Crippen LogP contribution in [0.1, 0.15) is 27.2 Å². The lowest BCUT2D eigenvalue weighted by molar-refractivity contribution is 0.146. The lowest BCUT2D eigenvalue weighted by Crippen LogP contribution is -2.44. The van der Waals surface area contributed by atoms with Crippen LogP contribution in [0.3, 0.4) is 0 Å². The van der Waals surface area contributed by atoms with Gasteiger partial charge >= 0.3 is 0 Å². The molecule has 4 atom stereocenters. The monoisotopic (exact) mass is 189 g/mol. The average Bonchev–Trinajstić information content (AvgIpc) is 2.36. The molecule has 1 fully saturated rings. The Labute approximate surface area is 79.1 Å². The van der Waals surface area contributed by atoms with Gasteiger partial charge in [-0.05, 0) is 26.0 Å². The SMILES string of the molecule is CC(O)C(C)NC1CCSC1C. The van der Waals surface area contributed by atoms with Gasteiger partial charge in [-0.3, -0.25) is 0 Å². The zero-order valence-electron chi connectivity index (χ0n) is 8.08. The molecule has 0 aromatic heterocycles. The van der Waals surface area contributed by atoms with E-state index in [-0.39, 0.29) is 12.1 Å². The second-order valence-electron chi connectivity index (χ2n) is 3.67. The van der Waals surface area contributed by atoms with Gasteiger partial charge in [-0.15, -0.1) is 0 Å². The number of thioether (sulfide) groups is 1. The summed E-state index contributed by atoms with van der Waals surface area (Å²) in [5, 5.41) is 13.5. The fraction of sp³-hybridized carbons (Fsp3) is 1.00. The Morgan fingerprint density at radius 2 is 2.17 bits per heavy atom. The van der Waals surface area contributed by atoms with Crippen LogP contribution in [-0.4, -0.2) is 34.3 Å². The minimum Gasteiger partial charge on any atom is -0.392 e. The van der Waals surface area contributed by atoms with Crippen molar-refractivity contribution < 1.29 is 5.11 Å². The second kappa shape index (κ2) is 4.49. The van der Waals surface area contributed by atoms with Crippen molar-refractivity contribution in [1.29, 1.82) is 0 Å². The summed E-state index contributed by atoms with van der Waals surface area (Å²) in [5.74, 6) is 1.26. The zero-order chi connectivity index (χ0) is 9.14. The predicted octanol–water partition coefficient (Wildman–Crippen LogP) is 1.24. The lowest BCUT2D eigenvalue weighted by Gasteiger charge is -2.23. The summed E-state index contributed by atoms with van der Waals surface area (Å²) in [6, 6.07) is 0.816. The number of aliphatic hydroxyl groups excluding tert-OH is 1. The molecule has 72 valence electrons. The van der Waals surface area contributed by atoms with E-state index in [0.29, 0.717) is 11.3 Å². The minimum atomic E-state index is -0.247. The summed E-state index contributed by atoms with van der Waals surface area (Å²) < 4.78 is 0. The molecule has 1 heterocycles. The summed E-state index contributed by atoms with van der Waals surface area (Å²) in [6.07, 6.45) is 0.992. The molecule has 2 nitrogen and oxygen atoms in total. The van der Waals surface area contributed by atoms with Crippen molar-refractivity contribution in [1.82, 2.24) is 5.32 Å². The van der Waals surface area contributed by atoms with Gasteiger partial charge in [-0.1, -0.05) is 6.92 Å². The number of hydrogen-bond donors (Lipinski definition) is 2.